The van der Waals surface area contributed by atoms with Crippen LogP contribution in [-0.2, 0) is 30.0 Å². The first-order chi connectivity index (χ1) is 11.0. The van der Waals surface area contributed by atoms with E-state index in [1.807, 2.05) is 44.7 Å². The summed E-state index contributed by atoms with van der Waals surface area (Å²) in [5, 5.41) is 2.57. The molecule has 1 aliphatic rings. The number of allylic oxidation sites excluding steroid dienone is 2. The molecule has 1 aliphatic heterocycles. The van der Waals surface area contributed by atoms with Gasteiger partial charge < -0.3 is 15.0 Å². The van der Waals surface area contributed by atoms with Gasteiger partial charge in [0.15, 0.2) is 0 Å². The predicted molar refractivity (Wildman–Crippen MR) is 97.5 cm³/mol. The molecule has 5 heteroatoms. The van der Waals surface area contributed by atoms with Crippen LogP contribution in [0.25, 0.3) is 0 Å². The number of nitrogens with zero attached hydrogens (tertiary/aromatic N) is 1. The molecular formula is C19H31N2O2Re-. The number of hydrogen-bond donors (Lipinski definition) is 1. The summed E-state index contributed by atoms with van der Waals surface area (Å²) in [7, 11) is 1.61. The third-order valence-corrected chi connectivity index (χ3v) is 3.14. The number of carbonyl (C=O) groups is 2. The van der Waals surface area contributed by atoms with E-state index in [1.165, 1.54) is 5.57 Å². The van der Waals surface area contributed by atoms with Crippen molar-refractivity contribution in [2.75, 3.05) is 13.6 Å². The first kappa shape index (κ1) is 27.4. The molecule has 0 aliphatic carbocycles. The quantitative estimate of drug-likeness (QED) is 0.343. The van der Waals surface area contributed by atoms with Gasteiger partial charge in [-0.25, -0.2) is 6.42 Å². The molecule has 24 heavy (non-hydrogen) atoms. The molecule has 1 rings (SSSR count). The molecule has 0 saturated carbocycles. The first-order valence-corrected chi connectivity index (χ1v) is 8.02. The third kappa shape index (κ3) is 10.3. The second kappa shape index (κ2) is 17.9. The van der Waals surface area contributed by atoms with Crippen molar-refractivity contribution in [2.45, 2.75) is 53.5 Å². The second-order valence-corrected chi connectivity index (χ2v) is 4.63. The Kier molecular flexibility index (Phi) is 20.4. The maximum absolute atomic E-state index is 11.2. The molecule has 0 aromatic heterocycles. The van der Waals surface area contributed by atoms with Crippen LogP contribution in [0, 0.1) is 18.8 Å². The Morgan fingerprint density at radius 2 is 2.04 bits per heavy atom. The van der Waals surface area contributed by atoms with Gasteiger partial charge in [0, 0.05) is 33.9 Å². The van der Waals surface area contributed by atoms with Crippen LogP contribution in [0.4, 0.5) is 0 Å². The number of hydrogen-bond acceptors (Lipinski definition) is 3. The molecule has 1 amide bonds. The molecule has 0 aromatic rings. The van der Waals surface area contributed by atoms with Crippen molar-refractivity contribution < 1.29 is 30.0 Å². The van der Waals surface area contributed by atoms with E-state index in [-0.39, 0.29) is 32.4 Å². The molecule has 1 unspecified atom stereocenters. The minimum absolute atomic E-state index is 0. The average molecular weight is 506 g/mol. The zero-order valence-corrected chi connectivity index (χ0v) is 18.4. The Labute approximate surface area is 161 Å². The van der Waals surface area contributed by atoms with E-state index in [0.29, 0.717) is 12.8 Å². The van der Waals surface area contributed by atoms with Crippen LogP contribution in [0.2, 0.25) is 0 Å². The Balaban J connectivity index is -0.000000660. The molecule has 0 fully saturated rings. The maximum Gasteiger partial charge on any atom is 0.219 e. The third-order valence-electron chi connectivity index (χ3n) is 3.14. The SMILES string of the molecule is C#CC.C/C=C\C1=C(C)[CH-]CN1C(C=O)CCC(=O)NC.CC.[Re]. The average Bonchev–Trinajstić information content (AvgIpc) is 2.92. The van der Waals surface area contributed by atoms with Gasteiger partial charge in [-0.1, -0.05) is 20.8 Å². The van der Waals surface area contributed by atoms with Gasteiger partial charge in [-0.15, -0.1) is 30.2 Å². The zero-order chi connectivity index (χ0) is 18.3. The fourth-order valence-electron chi connectivity index (χ4n) is 2.07. The standard InChI is InChI=1S/C14H21N2O2.C3H4.C2H6.Re/c1-4-5-13-11(2)8-9-16(13)12(10-17)6-7-14(18)15-3;1-3-2;1-2;/h4-5,8,10,12H,6-7,9H2,1-3H3,(H,15,18);1H,2H3;1-2H3;/q-1;;;/b5-4-;;;. The van der Waals surface area contributed by atoms with Crippen LogP contribution in [-0.4, -0.2) is 36.7 Å². The summed E-state index contributed by atoms with van der Waals surface area (Å²) in [5.74, 6) is 2.22. The summed E-state index contributed by atoms with van der Waals surface area (Å²) in [6.45, 7) is 10.4. The number of terminal acetylenes is 1. The fourth-order valence-corrected chi connectivity index (χ4v) is 2.07. The van der Waals surface area contributed by atoms with Crippen LogP contribution < -0.4 is 5.32 Å². The van der Waals surface area contributed by atoms with Crippen molar-refractivity contribution in [1.82, 2.24) is 10.2 Å². The Morgan fingerprint density at radius 1 is 1.50 bits per heavy atom. The van der Waals surface area contributed by atoms with Gasteiger partial charge in [0.05, 0.1) is 6.04 Å². The van der Waals surface area contributed by atoms with Gasteiger partial charge >= 0.3 is 0 Å². The van der Waals surface area contributed by atoms with E-state index < -0.39 is 0 Å². The van der Waals surface area contributed by atoms with E-state index in [9.17, 15) is 9.59 Å². The van der Waals surface area contributed by atoms with Crippen LogP contribution >= 0.6 is 0 Å². The van der Waals surface area contributed by atoms with Gasteiger partial charge in [-0.3, -0.25) is 4.79 Å². The summed E-state index contributed by atoms with van der Waals surface area (Å²) in [6, 6.07) is -0.234. The number of amides is 1. The van der Waals surface area contributed by atoms with Crippen molar-refractivity contribution in [3.05, 3.63) is 29.8 Å². The molecule has 1 N–H and O–H groups in total. The minimum atomic E-state index is -0.234. The molecule has 0 bridgehead atoms. The van der Waals surface area contributed by atoms with E-state index in [4.69, 9.17) is 0 Å². The molecule has 0 saturated heterocycles. The Bertz CT molecular complexity index is 451. The van der Waals surface area contributed by atoms with Crippen LogP contribution in [0.5, 0.6) is 0 Å². The van der Waals surface area contributed by atoms with Gasteiger partial charge in [-0.05, 0) is 26.8 Å². The monoisotopic (exact) mass is 506 g/mol. The van der Waals surface area contributed by atoms with E-state index >= 15 is 0 Å². The summed E-state index contributed by atoms with van der Waals surface area (Å²) in [4.78, 5) is 24.5. The molecule has 0 aromatic carbocycles. The van der Waals surface area contributed by atoms with E-state index in [1.54, 1.807) is 14.0 Å². The van der Waals surface area contributed by atoms with Gasteiger partial charge in [0.1, 0.15) is 6.29 Å². The smallest absolute Gasteiger partial charge is 0.219 e. The molecule has 1 heterocycles. The normalized spacial score (nSPS) is 13.3. The summed E-state index contributed by atoms with van der Waals surface area (Å²) in [6.07, 6.45) is 12.5. The Morgan fingerprint density at radius 3 is 2.46 bits per heavy atom. The van der Waals surface area contributed by atoms with E-state index in [0.717, 1.165) is 18.5 Å². The van der Waals surface area contributed by atoms with Crippen LogP contribution in [0.1, 0.15) is 47.5 Å². The number of nitrogens with one attached hydrogen (secondary N) is 1. The second-order valence-electron chi connectivity index (χ2n) is 4.63. The maximum atomic E-state index is 11.2. The topological polar surface area (TPSA) is 49.4 Å². The van der Waals surface area contributed by atoms with Crippen molar-refractivity contribution in [3.8, 4) is 12.3 Å². The van der Waals surface area contributed by atoms with Gasteiger partial charge in [0.25, 0.3) is 0 Å². The predicted octanol–water partition coefficient (Wildman–Crippen LogP) is 3.11. The Hall–Kier alpha value is -1.49. The summed E-state index contributed by atoms with van der Waals surface area (Å²) in [5.41, 5.74) is 2.26. The largest absolute Gasteiger partial charge is 0.452 e. The molecule has 1 atom stereocenters. The van der Waals surface area contributed by atoms with Crippen LogP contribution in [0.3, 0.4) is 0 Å². The van der Waals surface area contributed by atoms with Gasteiger partial charge in [-0.2, -0.15) is 5.57 Å². The van der Waals surface area contributed by atoms with Gasteiger partial charge in [0.2, 0.25) is 5.91 Å². The van der Waals surface area contributed by atoms with Crippen LogP contribution in [0.15, 0.2) is 23.4 Å². The molecular weight excluding hydrogens is 474 g/mol. The van der Waals surface area contributed by atoms with E-state index in [2.05, 4.69) is 24.1 Å². The number of carbonyl (C=O) groups excluding carboxylic acids is 2. The molecule has 137 valence electrons. The van der Waals surface area contributed by atoms with Crippen molar-refractivity contribution in [3.63, 3.8) is 0 Å². The first-order valence-electron chi connectivity index (χ1n) is 8.02. The summed E-state index contributed by atoms with van der Waals surface area (Å²) < 4.78 is 0. The van der Waals surface area contributed by atoms with Crippen molar-refractivity contribution >= 4 is 12.2 Å². The number of aldehydes is 1. The minimum Gasteiger partial charge on any atom is -0.452 e. The number of rotatable bonds is 6. The molecule has 1 radical (unpaired) electrons. The zero-order valence-electron chi connectivity index (χ0n) is 15.7. The van der Waals surface area contributed by atoms with Crippen molar-refractivity contribution in [1.29, 1.82) is 0 Å². The summed E-state index contributed by atoms with van der Waals surface area (Å²) >= 11 is 0. The van der Waals surface area contributed by atoms with Crippen molar-refractivity contribution in [2.24, 2.45) is 0 Å². The fraction of sp³-hybridized carbons (Fsp3) is 0.526. The molecule has 0 spiro atoms. The molecule has 4 nitrogen and oxygen atoms in total.